The zero-order valence-corrected chi connectivity index (χ0v) is 13.8. The third-order valence-electron chi connectivity index (χ3n) is 3.51. The summed E-state index contributed by atoms with van der Waals surface area (Å²) in [5.41, 5.74) is -0.780. The van der Waals surface area contributed by atoms with Crippen molar-refractivity contribution in [1.29, 1.82) is 0 Å². The highest BCUT2D eigenvalue weighted by atomic mass is 32.2. The van der Waals surface area contributed by atoms with E-state index >= 15 is 0 Å². The van der Waals surface area contributed by atoms with Crippen LogP contribution in [0.25, 0.3) is 11.3 Å². The second kappa shape index (κ2) is 6.41. The average molecular weight is 383 g/mol. The lowest BCUT2D eigenvalue weighted by Crippen LogP contribution is -2.15. The van der Waals surface area contributed by atoms with Crippen LogP contribution in [0.2, 0.25) is 0 Å². The van der Waals surface area contributed by atoms with E-state index in [1.807, 2.05) is 0 Å². The van der Waals surface area contributed by atoms with Gasteiger partial charge in [-0.1, -0.05) is 6.07 Å². The van der Waals surface area contributed by atoms with E-state index in [-0.39, 0.29) is 22.8 Å². The number of nitrogens with one attached hydrogen (secondary N) is 1. The quantitative estimate of drug-likeness (QED) is 0.652. The van der Waals surface area contributed by atoms with Gasteiger partial charge in [-0.05, 0) is 48.5 Å². The molecule has 0 spiro atoms. The van der Waals surface area contributed by atoms with E-state index in [2.05, 4.69) is 4.72 Å². The van der Waals surface area contributed by atoms with Gasteiger partial charge in [-0.25, -0.2) is 8.42 Å². The van der Waals surface area contributed by atoms with Crippen LogP contribution in [0.5, 0.6) is 5.75 Å². The van der Waals surface area contributed by atoms with Crippen molar-refractivity contribution in [1.82, 2.24) is 0 Å². The minimum absolute atomic E-state index is 0.0511. The fourth-order valence-electron chi connectivity index (χ4n) is 2.30. The fraction of sp³-hybridized carbons (Fsp3) is 0.0588. The van der Waals surface area contributed by atoms with Crippen LogP contribution in [-0.2, 0) is 16.2 Å². The minimum Gasteiger partial charge on any atom is -0.508 e. The van der Waals surface area contributed by atoms with Gasteiger partial charge in [0, 0.05) is 5.56 Å². The summed E-state index contributed by atoms with van der Waals surface area (Å²) in [7, 11) is -4.30. The molecule has 0 saturated heterocycles. The Balaban J connectivity index is 2.02. The molecule has 0 fully saturated rings. The molecule has 0 radical (unpaired) electrons. The van der Waals surface area contributed by atoms with Crippen LogP contribution in [0.4, 0.5) is 18.9 Å². The number of rotatable bonds is 4. The van der Waals surface area contributed by atoms with Crippen LogP contribution in [0.3, 0.4) is 0 Å². The molecule has 0 bridgehead atoms. The van der Waals surface area contributed by atoms with Crippen molar-refractivity contribution in [3.8, 4) is 17.1 Å². The Hall–Kier alpha value is -2.94. The molecule has 0 saturated carbocycles. The van der Waals surface area contributed by atoms with E-state index in [0.717, 1.165) is 18.2 Å². The third kappa shape index (κ3) is 3.67. The first kappa shape index (κ1) is 17.9. The van der Waals surface area contributed by atoms with Gasteiger partial charge in [0.15, 0.2) is 0 Å². The zero-order chi connectivity index (χ0) is 18.9. The molecule has 136 valence electrons. The Labute approximate surface area is 146 Å². The van der Waals surface area contributed by atoms with Crippen molar-refractivity contribution in [2.24, 2.45) is 0 Å². The van der Waals surface area contributed by atoms with Gasteiger partial charge in [-0.2, -0.15) is 13.2 Å². The van der Waals surface area contributed by atoms with E-state index in [0.29, 0.717) is 6.07 Å². The lowest BCUT2D eigenvalue weighted by Gasteiger charge is -2.13. The minimum atomic E-state index is -4.66. The van der Waals surface area contributed by atoms with Crippen LogP contribution in [0, 0.1) is 0 Å². The van der Waals surface area contributed by atoms with E-state index in [9.17, 15) is 26.7 Å². The van der Waals surface area contributed by atoms with Crippen molar-refractivity contribution in [2.45, 2.75) is 11.1 Å². The number of benzene rings is 2. The summed E-state index contributed by atoms with van der Waals surface area (Å²) in [4.78, 5) is -0.536. The smallest absolute Gasteiger partial charge is 0.416 e. The standard InChI is InChI=1S/C17H12F3NO4S/c18-17(19,20)11-3-1-4-13(9-11)26(23,24)21-15-7-6-12(22)10-14(15)16-5-2-8-25-16/h1-10,21-22H. The van der Waals surface area contributed by atoms with Crippen LogP contribution in [0.1, 0.15) is 5.56 Å². The molecular formula is C17H12F3NO4S. The topological polar surface area (TPSA) is 79.5 Å². The SMILES string of the molecule is O=S(=O)(Nc1ccc(O)cc1-c1ccco1)c1cccc(C(F)(F)F)c1. The second-order valence-electron chi connectivity index (χ2n) is 5.34. The Morgan fingerprint density at radius 2 is 1.77 bits per heavy atom. The average Bonchev–Trinajstić information content (AvgIpc) is 3.10. The number of halogens is 3. The van der Waals surface area contributed by atoms with E-state index in [4.69, 9.17) is 4.42 Å². The number of phenolic OH excluding ortho intramolecular Hbond substituents is 1. The van der Waals surface area contributed by atoms with Crippen molar-refractivity contribution in [3.05, 3.63) is 66.4 Å². The number of hydrogen-bond acceptors (Lipinski definition) is 4. The maximum absolute atomic E-state index is 12.8. The number of alkyl halides is 3. The highest BCUT2D eigenvalue weighted by molar-refractivity contribution is 7.92. The largest absolute Gasteiger partial charge is 0.508 e. The van der Waals surface area contributed by atoms with Crippen molar-refractivity contribution < 1.29 is 31.1 Å². The van der Waals surface area contributed by atoms with E-state index in [1.165, 1.54) is 24.5 Å². The molecule has 1 heterocycles. The van der Waals surface area contributed by atoms with E-state index < -0.39 is 26.7 Å². The summed E-state index contributed by atoms with van der Waals surface area (Å²) < 4.78 is 70.9. The summed E-state index contributed by atoms with van der Waals surface area (Å²) in [5.74, 6) is 0.154. The van der Waals surface area contributed by atoms with E-state index in [1.54, 1.807) is 12.1 Å². The summed E-state index contributed by atoms with van der Waals surface area (Å²) in [6, 6.07) is 10.4. The Morgan fingerprint density at radius 1 is 1.00 bits per heavy atom. The molecule has 2 N–H and O–H groups in total. The molecule has 1 aromatic heterocycles. The van der Waals surface area contributed by atoms with Gasteiger partial charge < -0.3 is 9.52 Å². The van der Waals surface area contributed by atoms with Crippen molar-refractivity contribution in [3.63, 3.8) is 0 Å². The molecule has 3 rings (SSSR count). The van der Waals surface area contributed by atoms with Gasteiger partial charge in [-0.15, -0.1) is 0 Å². The van der Waals surface area contributed by atoms with Gasteiger partial charge in [0.25, 0.3) is 10.0 Å². The highest BCUT2D eigenvalue weighted by Crippen LogP contribution is 2.34. The monoisotopic (exact) mass is 383 g/mol. The van der Waals surface area contributed by atoms with Gasteiger partial charge in [0.1, 0.15) is 11.5 Å². The molecule has 26 heavy (non-hydrogen) atoms. The van der Waals surface area contributed by atoms with Crippen molar-refractivity contribution in [2.75, 3.05) is 4.72 Å². The Morgan fingerprint density at radius 3 is 2.42 bits per heavy atom. The zero-order valence-electron chi connectivity index (χ0n) is 13.0. The Bertz CT molecular complexity index is 1030. The van der Waals surface area contributed by atoms with Crippen LogP contribution < -0.4 is 4.72 Å². The molecule has 0 atom stereocenters. The van der Waals surface area contributed by atoms with Gasteiger partial charge in [0.2, 0.25) is 0 Å². The first-order chi connectivity index (χ1) is 12.2. The number of anilines is 1. The summed E-state index contributed by atoms with van der Waals surface area (Å²) >= 11 is 0. The predicted molar refractivity (Wildman–Crippen MR) is 88.1 cm³/mol. The second-order valence-corrected chi connectivity index (χ2v) is 7.02. The van der Waals surface area contributed by atoms with Gasteiger partial charge in [0.05, 0.1) is 22.4 Å². The lowest BCUT2D eigenvalue weighted by atomic mass is 10.1. The normalized spacial score (nSPS) is 12.1. The molecular weight excluding hydrogens is 371 g/mol. The summed E-state index contributed by atoms with van der Waals surface area (Å²) in [6.45, 7) is 0. The molecule has 5 nitrogen and oxygen atoms in total. The molecule has 0 unspecified atom stereocenters. The molecule has 3 aromatic rings. The summed E-state index contributed by atoms with van der Waals surface area (Å²) in [6.07, 6.45) is -3.30. The van der Waals surface area contributed by atoms with Gasteiger partial charge >= 0.3 is 6.18 Å². The molecule has 9 heteroatoms. The maximum atomic E-state index is 12.8. The van der Waals surface area contributed by atoms with Crippen LogP contribution in [0.15, 0.2) is 70.2 Å². The van der Waals surface area contributed by atoms with Crippen molar-refractivity contribution >= 4 is 15.7 Å². The molecule has 2 aromatic carbocycles. The molecule has 0 amide bonds. The molecule has 0 aliphatic carbocycles. The lowest BCUT2D eigenvalue weighted by molar-refractivity contribution is -0.137. The Kier molecular flexibility index (Phi) is 4.41. The number of sulfonamides is 1. The van der Waals surface area contributed by atoms with Crippen LogP contribution in [-0.4, -0.2) is 13.5 Å². The van der Waals surface area contributed by atoms with Crippen LogP contribution >= 0.6 is 0 Å². The number of furan rings is 1. The number of phenols is 1. The highest BCUT2D eigenvalue weighted by Gasteiger charge is 2.31. The first-order valence-electron chi connectivity index (χ1n) is 7.24. The number of aromatic hydroxyl groups is 1. The molecule has 0 aliphatic heterocycles. The number of hydrogen-bond donors (Lipinski definition) is 2. The first-order valence-corrected chi connectivity index (χ1v) is 8.72. The fourth-order valence-corrected chi connectivity index (χ4v) is 3.43. The predicted octanol–water partition coefficient (Wildman–Crippen LogP) is 4.47. The maximum Gasteiger partial charge on any atom is 0.416 e. The van der Waals surface area contributed by atoms with Gasteiger partial charge in [-0.3, -0.25) is 4.72 Å². The molecule has 0 aliphatic rings. The third-order valence-corrected chi connectivity index (χ3v) is 4.87. The summed E-state index contributed by atoms with van der Waals surface area (Å²) in [5, 5.41) is 9.63.